The van der Waals surface area contributed by atoms with Crippen LogP contribution < -0.4 is 15.5 Å². The summed E-state index contributed by atoms with van der Waals surface area (Å²) in [7, 11) is 0. The molecule has 1 aliphatic heterocycles. The Morgan fingerprint density at radius 3 is 2.41 bits per heavy atom. The van der Waals surface area contributed by atoms with Crippen LogP contribution in [-0.4, -0.2) is 36.7 Å². The molecule has 2 aromatic rings. The first kappa shape index (κ1) is 22.2. The highest BCUT2D eigenvalue weighted by molar-refractivity contribution is 6.04. The first-order chi connectivity index (χ1) is 15.3. The lowest BCUT2D eigenvalue weighted by molar-refractivity contribution is 0.0522. The van der Waals surface area contributed by atoms with Crippen LogP contribution in [0.5, 0.6) is 0 Å². The van der Waals surface area contributed by atoms with E-state index in [9.17, 15) is 9.59 Å². The number of ether oxygens (including phenoxy) is 1. The van der Waals surface area contributed by atoms with Gasteiger partial charge in [-0.3, -0.25) is 4.79 Å². The van der Waals surface area contributed by atoms with Crippen molar-refractivity contribution in [3.05, 3.63) is 59.7 Å². The number of hydrogen-bond donors (Lipinski definition) is 2. The van der Waals surface area contributed by atoms with Crippen molar-refractivity contribution in [2.75, 3.05) is 23.3 Å². The fraction of sp³-hybridized carbons (Fsp3) is 0.462. The molecule has 170 valence electrons. The predicted molar refractivity (Wildman–Crippen MR) is 127 cm³/mol. The van der Waals surface area contributed by atoms with Gasteiger partial charge in [0, 0.05) is 42.0 Å². The van der Waals surface area contributed by atoms with Gasteiger partial charge in [-0.25, -0.2) is 4.79 Å². The van der Waals surface area contributed by atoms with Gasteiger partial charge in [-0.1, -0.05) is 18.2 Å². The summed E-state index contributed by atoms with van der Waals surface area (Å²) >= 11 is 0. The maximum absolute atomic E-state index is 12.8. The lowest BCUT2D eigenvalue weighted by atomic mass is 10.1. The maximum Gasteiger partial charge on any atom is 0.407 e. The molecule has 1 saturated heterocycles. The molecule has 2 atom stereocenters. The van der Waals surface area contributed by atoms with Crippen LogP contribution in [0.2, 0.25) is 0 Å². The van der Waals surface area contributed by atoms with Gasteiger partial charge in [0.2, 0.25) is 0 Å². The summed E-state index contributed by atoms with van der Waals surface area (Å²) in [5, 5.41) is 5.92. The van der Waals surface area contributed by atoms with Crippen molar-refractivity contribution in [1.29, 1.82) is 0 Å². The van der Waals surface area contributed by atoms with E-state index in [1.807, 2.05) is 63.2 Å². The molecule has 6 heteroatoms. The number of rotatable bonds is 5. The second kappa shape index (κ2) is 9.23. The average molecular weight is 436 g/mol. The number of nitrogens with zero attached hydrogens (tertiary/aromatic N) is 1. The van der Waals surface area contributed by atoms with Crippen molar-refractivity contribution in [1.82, 2.24) is 5.32 Å². The third-order valence-corrected chi connectivity index (χ3v) is 5.92. The minimum Gasteiger partial charge on any atom is -0.444 e. The number of alkyl carbamates (subject to hydrolysis) is 1. The highest BCUT2D eigenvalue weighted by Gasteiger charge is 2.40. The number of amides is 2. The number of hydrogen-bond acceptors (Lipinski definition) is 4. The number of carbonyl (C=O) groups excluding carboxylic acids is 2. The van der Waals surface area contributed by atoms with Gasteiger partial charge in [0.25, 0.3) is 5.91 Å². The molecule has 2 N–H and O–H groups in total. The van der Waals surface area contributed by atoms with Crippen LogP contribution in [0.25, 0.3) is 0 Å². The maximum atomic E-state index is 12.8. The van der Waals surface area contributed by atoms with Gasteiger partial charge >= 0.3 is 6.09 Å². The third-order valence-electron chi connectivity index (χ3n) is 5.92. The zero-order valence-electron chi connectivity index (χ0n) is 19.2. The van der Waals surface area contributed by atoms with Crippen LogP contribution in [0.1, 0.15) is 68.3 Å². The van der Waals surface area contributed by atoms with E-state index < -0.39 is 5.60 Å². The highest BCUT2D eigenvalue weighted by atomic mass is 16.6. The number of nitrogens with one attached hydrogen (secondary N) is 2. The summed E-state index contributed by atoms with van der Waals surface area (Å²) < 4.78 is 5.32. The minimum absolute atomic E-state index is 0.0998. The fourth-order valence-electron chi connectivity index (χ4n) is 4.19. The molecule has 2 aromatic carbocycles. The molecule has 0 aromatic heterocycles. The monoisotopic (exact) mass is 435 g/mol. The molecule has 2 amide bonds. The number of piperidine rings is 1. The molecule has 0 bridgehead atoms. The van der Waals surface area contributed by atoms with Crippen LogP contribution in [-0.2, 0) is 4.74 Å². The Hall–Kier alpha value is -3.02. The van der Waals surface area contributed by atoms with Gasteiger partial charge in [-0.2, -0.15) is 0 Å². The van der Waals surface area contributed by atoms with Crippen molar-refractivity contribution in [3.63, 3.8) is 0 Å². The van der Waals surface area contributed by atoms with E-state index in [1.54, 1.807) is 0 Å². The molecule has 1 heterocycles. The number of anilines is 2. The molecule has 6 nitrogen and oxygen atoms in total. The molecular formula is C26H33N3O3. The molecule has 4 rings (SSSR count). The number of carbonyl (C=O) groups is 2. The largest absolute Gasteiger partial charge is 0.444 e. The van der Waals surface area contributed by atoms with E-state index in [0.29, 0.717) is 5.56 Å². The number of benzene rings is 2. The second-order valence-electron chi connectivity index (χ2n) is 9.77. The van der Waals surface area contributed by atoms with Gasteiger partial charge in [0.1, 0.15) is 5.60 Å². The molecule has 2 fully saturated rings. The first-order valence-electron chi connectivity index (χ1n) is 11.5. The average Bonchev–Trinajstić information content (AvgIpc) is 3.52. The summed E-state index contributed by atoms with van der Waals surface area (Å²) in [6.45, 7) is 7.67. The quantitative estimate of drug-likeness (QED) is 0.668. The predicted octanol–water partition coefficient (Wildman–Crippen LogP) is 5.31. The van der Waals surface area contributed by atoms with Crippen LogP contribution in [0.15, 0.2) is 48.5 Å². The SMILES string of the molecule is CC(C)(C)OC(=O)N[C@@H]1C[C@H]1c1ccc(NC(=O)c2cccc(N3CCCCC3)c2)cc1. The molecule has 0 radical (unpaired) electrons. The van der Waals surface area contributed by atoms with Gasteiger partial charge in [0.05, 0.1) is 0 Å². The minimum atomic E-state index is -0.498. The smallest absolute Gasteiger partial charge is 0.407 e. The van der Waals surface area contributed by atoms with E-state index in [4.69, 9.17) is 4.74 Å². The van der Waals surface area contributed by atoms with Crippen LogP contribution in [0.3, 0.4) is 0 Å². The van der Waals surface area contributed by atoms with Crippen molar-refractivity contribution in [3.8, 4) is 0 Å². The van der Waals surface area contributed by atoms with Gasteiger partial charge < -0.3 is 20.3 Å². The molecule has 1 aliphatic carbocycles. The first-order valence-corrected chi connectivity index (χ1v) is 11.5. The Bertz CT molecular complexity index is 959. The summed E-state index contributed by atoms with van der Waals surface area (Å²) in [6, 6.07) is 15.8. The Balaban J connectivity index is 1.31. The summed E-state index contributed by atoms with van der Waals surface area (Å²) in [5.41, 5.74) is 3.20. The van der Waals surface area contributed by atoms with E-state index >= 15 is 0 Å². The normalized spacial score (nSPS) is 20.4. The van der Waals surface area contributed by atoms with Crippen molar-refractivity contribution < 1.29 is 14.3 Å². The Kier molecular flexibility index (Phi) is 6.40. The van der Waals surface area contributed by atoms with Crippen LogP contribution in [0, 0.1) is 0 Å². The van der Waals surface area contributed by atoms with Crippen molar-refractivity contribution in [2.24, 2.45) is 0 Å². The zero-order chi connectivity index (χ0) is 22.7. The zero-order valence-corrected chi connectivity index (χ0v) is 19.2. The van der Waals surface area contributed by atoms with E-state index in [-0.39, 0.29) is 24.0 Å². The Morgan fingerprint density at radius 1 is 1.00 bits per heavy atom. The summed E-state index contributed by atoms with van der Waals surface area (Å²) in [4.78, 5) is 27.1. The molecule has 0 unspecified atom stereocenters. The topological polar surface area (TPSA) is 70.7 Å². The highest BCUT2D eigenvalue weighted by Crippen LogP contribution is 2.41. The van der Waals surface area contributed by atoms with Crippen LogP contribution >= 0.6 is 0 Å². The molecule has 0 spiro atoms. The lowest BCUT2D eigenvalue weighted by Gasteiger charge is -2.29. The molecule has 32 heavy (non-hydrogen) atoms. The molecule has 1 saturated carbocycles. The Morgan fingerprint density at radius 2 is 1.72 bits per heavy atom. The van der Waals surface area contributed by atoms with E-state index in [1.165, 1.54) is 19.3 Å². The summed E-state index contributed by atoms with van der Waals surface area (Å²) in [6.07, 6.45) is 4.22. The molecule has 2 aliphatic rings. The van der Waals surface area contributed by atoms with Crippen LogP contribution in [0.4, 0.5) is 16.2 Å². The van der Waals surface area contributed by atoms with Gasteiger partial charge in [0.15, 0.2) is 0 Å². The standard InChI is InChI=1S/C26H33N3O3/c1-26(2,3)32-25(31)28-23-17-22(23)18-10-12-20(13-11-18)27-24(30)19-8-7-9-21(16-19)29-14-5-4-6-15-29/h7-13,16,22-23H,4-6,14-15,17H2,1-3H3,(H,27,30)(H,28,31)/t22-,23+/m0/s1. The van der Waals surface area contributed by atoms with Gasteiger partial charge in [-0.15, -0.1) is 0 Å². The summed E-state index contributed by atoms with van der Waals surface area (Å²) in [5.74, 6) is 0.181. The van der Waals surface area contributed by atoms with Crippen molar-refractivity contribution in [2.45, 2.75) is 64.0 Å². The van der Waals surface area contributed by atoms with Gasteiger partial charge in [-0.05, 0) is 82.3 Å². The third kappa shape index (κ3) is 5.81. The Labute approximate surface area is 190 Å². The second-order valence-corrected chi connectivity index (χ2v) is 9.77. The van der Waals surface area contributed by atoms with Crippen molar-refractivity contribution >= 4 is 23.4 Å². The van der Waals surface area contributed by atoms with E-state index in [0.717, 1.165) is 36.4 Å². The molecular weight excluding hydrogens is 402 g/mol. The van der Waals surface area contributed by atoms with E-state index in [2.05, 4.69) is 21.6 Å². The fourth-order valence-corrected chi connectivity index (χ4v) is 4.19. The lowest BCUT2D eigenvalue weighted by Crippen LogP contribution is -2.34.